The topological polar surface area (TPSA) is 29.5 Å². The van der Waals surface area contributed by atoms with Gasteiger partial charge in [-0.15, -0.1) is 11.3 Å². The van der Waals surface area contributed by atoms with Crippen LogP contribution >= 0.6 is 22.9 Å². The van der Waals surface area contributed by atoms with E-state index in [-0.39, 0.29) is 5.60 Å². The maximum Gasteiger partial charge on any atom is 0.0939 e. The van der Waals surface area contributed by atoms with Crippen LogP contribution in [0.1, 0.15) is 37.0 Å². The Labute approximate surface area is 112 Å². The van der Waals surface area contributed by atoms with E-state index in [4.69, 9.17) is 16.3 Å². The Bertz CT molecular complexity index is 358. The van der Waals surface area contributed by atoms with Gasteiger partial charge in [0.25, 0.3) is 0 Å². The first-order valence-corrected chi connectivity index (χ1v) is 7.39. The quantitative estimate of drug-likeness (QED) is 0.908. The molecule has 0 aromatic carbocycles. The molecule has 2 rings (SSSR count). The standard InChI is InChI=1S/C13H19ClO2S/c1-16-13(6-3-2-4-7-13)12(15)9-11-10(14)5-8-17-11/h5,8,12,15H,2-4,6-7,9H2,1H3. The average molecular weight is 275 g/mol. The van der Waals surface area contributed by atoms with Gasteiger partial charge in [0.2, 0.25) is 0 Å². The molecule has 0 amide bonds. The summed E-state index contributed by atoms with van der Waals surface area (Å²) in [4.78, 5) is 1.06. The Balaban J connectivity index is 2.07. The second-order valence-corrected chi connectivity index (χ2v) is 6.15. The van der Waals surface area contributed by atoms with Crippen molar-refractivity contribution in [1.82, 2.24) is 0 Å². The Hall–Kier alpha value is -0.0900. The fraction of sp³-hybridized carbons (Fsp3) is 0.692. The van der Waals surface area contributed by atoms with E-state index in [9.17, 15) is 5.11 Å². The van der Waals surface area contributed by atoms with Crippen LogP contribution in [0.2, 0.25) is 5.02 Å². The van der Waals surface area contributed by atoms with Gasteiger partial charge in [0.15, 0.2) is 0 Å². The molecule has 1 unspecified atom stereocenters. The highest BCUT2D eigenvalue weighted by Gasteiger charge is 2.39. The molecule has 0 saturated heterocycles. The first kappa shape index (κ1) is 13.3. The smallest absolute Gasteiger partial charge is 0.0939 e. The van der Waals surface area contributed by atoms with Crippen molar-refractivity contribution in [1.29, 1.82) is 0 Å². The summed E-state index contributed by atoms with van der Waals surface area (Å²) in [6.45, 7) is 0. The summed E-state index contributed by atoms with van der Waals surface area (Å²) in [6.07, 6.45) is 5.58. The minimum Gasteiger partial charge on any atom is -0.390 e. The van der Waals surface area contributed by atoms with Crippen molar-refractivity contribution in [2.45, 2.75) is 50.2 Å². The molecule has 4 heteroatoms. The fourth-order valence-electron chi connectivity index (χ4n) is 2.66. The molecule has 1 aromatic heterocycles. The number of rotatable bonds is 4. The molecule has 1 fully saturated rings. The highest BCUT2D eigenvalue weighted by molar-refractivity contribution is 7.10. The van der Waals surface area contributed by atoms with Crippen molar-refractivity contribution in [2.75, 3.05) is 7.11 Å². The predicted octanol–water partition coefficient (Wildman–Crippen LogP) is 3.65. The van der Waals surface area contributed by atoms with Crippen LogP contribution in [0.15, 0.2) is 11.4 Å². The molecule has 0 spiro atoms. The van der Waals surface area contributed by atoms with Crippen LogP contribution in [0.4, 0.5) is 0 Å². The van der Waals surface area contributed by atoms with Gasteiger partial charge in [-0.25, -0.2) is 0 Å². The zero-order valence-electron chi connectivity index (χ0n) is 10.1. The van der Waals surface area contributed by atoms with Crippen LogP contribution < -0.4 is 0 Å². The molecule has 1 aromatic rings. The van der Waals surface area contributed by atoms with Gasteiger partial charge in [-0.2, -0.15) is 0 Å². The first-order valence-electron chi connectivity index (χ1n) is 6.13. The minimum atomic E-state index is -0.455. The van der Waals surface area contributed by atoms with E-state index in [2.05, 4.69) is 0 Å². The number of hydrogen-bond acceptors (Lipinski definition) is 3. The number of thiophene rings is 1. The van der Waals surface area contributed by atoms with Crippen LogP contribution in [-0.4, -0.2) is 23.9 Å². The Morgan fingerprint density at radius 3 is 2.71 bits per heavy atom. The first-order chi connectivity index (χ1) is 8.18. The molecule has 96 valence electrons. The zero-order valence-corrected chi connectivity index (χ0v) is 11.7. The SMILES string of the molecule is COC1(C(O)Cc2sccc2Cl)CCCCC1. The summed E-state index contributed by atoms with van der Waals surface area (Å²) in [5.74, 6) is 0. The average Bonchev–Trinajstić information content (AvgIpc) is 2.76. The monoisotopic (exact) mass is 274 g/mol. The van der Waals surface area contributed by atoms with Crippen molar-refractivity contribution in [3.8, 4) is 0 Å². The molecule has 2 nitrogen and oxygen atoms in total. The molecule has 1 N–H and O–H groups in total. The van der Waals surface area contributed by atoms with E-state index in [1.54, 1.807) is 18.4 Å². The Kier molecular flexibility index (Phi) is 4.47. The maximum atomic E-state index is 10.4. The molecule has 0 bridgehead atoms. The molecule has 1 aliphatic rings. The van der Waals surface area contributed by atoms with Gasteiger partial charge in [-0.05, 0) is 24.3 Å². The molecule has 1 atom stereocenters. The number of aliphatic hydroxyl groups excluding tert-OH is 1. The number of aliphatic hydroxyl groups is 1. The lowest BCUT2D eigenvalue weighted by Crippen LogP contribution is -2.46. The molecule has 0 aliphatic heterocycles. The molecular weight excluding hydrogens is 256 g/mol. The van der Waals surface area contributed by atoms with Crippen molar-refractivity contribution >= 4 is 22.9 Å². The van der Waals surface area contributed by atoms with Crippen molar-refractivity contribution < 1.29 is 9.84 Å². The number of hydrogen-bond donors (Lipinski definition) is 1. The van der Waals surface area contributed by atoms with E-state index in [1.165, 1.54) is 6.42 Å². The van der Waals surface area contributed by atoms with Crippen molar-refractivity contribution in [3.05, 3.63) is 21.3 Å². The van der Waals surface area contributed by atoms with Gasteiger partial charge in [0, 0.05) is 18.4 Å². The fourth-order valence-corrected chi connectivity index (χ4v) is 3.81. The Morgan fingerprint density at radius 1 is 1.47 bits per heavy atom. The third-order valence-corrected chi connectivity index (χ3v) is 5.19. The normalized spacial score (nSPS) is 21.4. The van der Waals surface area contributed by atoms with Gasteiger partial charge in [-0.3, -0.25) is 0 Å². The summed E-state index contributed by atoms with van der Waals surface area (Å²) in [7, 11) is 1.71. The summed E-state index contributed by atoms with van der Waals surface area (Å²) in [6, 6.07) is 1.88. The number of methoxy groups -OCH3 is 1. The highest BCUT2D eigenvalue weighted by atomic mass is 35.5. The van der Waals surface area contributed by atoms with Crippen molar-refractivity contribution in [2.24, 2.45) is 0 Å². The van der Waals surface area contributed by atoms with Gasteiger partial charge in [0.1, 0.15) is 0 Å². The third kappa shape index (κ3) is 2.84. The van der Waals surface area contributed by atoms with E-state index in [0.717, 1.165) is 35.6 Å². The summed E-state index contributed by atoms with van der Waals surface area (Å²) in [5, 5.41) is 13.2. The van der Waals surface area contributed by atoms with Crippen LogP contribution in [0, 0.1) is 0 Å². The largest absolute Gasteiger partial charge is 0.390 e. The van der Waals surface area contributed by atoms with Crippen LogP contribution in [-0.2, 0) is 11.2 Å². The van der Waals surface area contributed by atoms with E-state index < -0.39 is 6.10 Å². The molecular formula is C13H19ClO2S. The molecule has 1 saturated carbocycles. The second kappa shape index (κ2) is 5.70. The predicted molar refractivity (Wildman–Crippen MR) is 71.9 cm³/mol. The highest BCUT2D eigenvalue weighted by Crippen LogP contribution is 2.36. The lowest BCUT2D eigenvalue weighted by atomic mass is 9.79. The van der Waals surface area contributed by atoms with Gasteiger partial charge < -0.3 is 9.84 Å². The molecule has 0 radical (unpaired) electrons. The second-order valence-electron chi connectivity index (χ2n) is 4.74. The summed E-state index contributed by atoms with van der Waals surface area (Å²) < 4.78 is 5.64. The van der Waals surface area contributed by atoms with Gasteiger partial charge >= 0.3 is 0 Å². The zero-order chi connectivity index (χ0) is 12.3. The molecule has 17 heavy (non-hydrogen) atoms. The summed E-state index contributed by atoms with van der Waals surface area (Å²) in [5.41, 5.74) is -0.356. The lowest BCUT2D eigenvalue weighted by molar-refractivity contribution is -0.122. The van der Waals surface area contributed by atoms with Crippen LogP contribution in [0.3, 0.4) is 0 Å². The third-order valence-electron chi connectivity index (χ3n) is 3.78. The van der Waals surface area contributed by atoms with Crippen molar-refractivity contribution in [3.63, 3.8) is 0 Å². The van der Waals surface area contributed by atoms with Crippen LogP contribution in [0.5, 0.6) is 0 Å². The van der Waals surface area contributed by atoms with E-state index >= 15 is 0 Å². The van der Waals surface area contributed by atoms with Gasteiger partial charge in [0.05, 0.1) is 16.7 Å². The van der Waals surface area contributed by atoms with E-state index in [0.29, 0.717) is 6.42 Å². The number of ether oxygens (including phenoxy) is 1. The number of halogens is 1. The Morgan fingerprint density at radius 2 is 2.18 bits per heavy atom. The summed E-state index contributed by atoms with van der Waals surface area (Å²) >= 11 is 7.67. The van der Waals surface area contributed by atoms with Gasteiger partial charge in [-0.1, -0.05) is 30.9 Å². The van der Waals surface area contributed by atoms with E-state index in [1.807, 2.05) is 11.4 Å². The minimum absolute atomic E-state index is 0.356. The van der Waals surface area contributed by atoms with Crippen LogP contribution in [0.25, 0.3) is 0 Å². The molecule has 1 aliphatic carbocycles. The molecule has 1 heterocycles. The lowest BCUT2D eigenvalue weighted by Gasteiger charge is -2.39. The maximum absolute atomic E-state index is 10.4.